The van der Waals surface area contributed by atoms with Crippen molar-refractivity contribution in [1.29, 1.82) is 0 Å². The van der Waals surface area contributed by atoms with E-state index < -0.39 is 0 Å². The van der Waals surface area contributed by atoms with Crippen LogP contribution in [0.25, 0.3) is 0 Å². The third-order valence-electron chi connectivity index (χ3n) is 2.71. The van der Waals surface area contributed by atoms with Crippen molar-refractivity contribution in [3.63, 3.8) is 0 Å². The molecule has 0 aliphatic carbocycles. The Hall–Kier alpha value is -1.79. The Balaban J connectivity index is 2.45. The van der Waals surface area contributed by atoms with Gasteiger partial charge in [0.05, 0.1) is 12.2 Å². The Labute approximate surface area is 125 Å². The van der Waals surface area contributed by atoms with Gasteiger partial charge in [-0.2, -0.15) is 0 Å². The summed E-state index contributed by atoms with van der Waals surface area (Å²) < 4.78 is 15.9. The van der Waals surface area contributed by atoms with Crippen molar-refractivity contribution >= 4 is 11.6 Å². The lowest BCUT2D eigenvalue weighted by Crippen LogP contribution is -2.23. The molecular formula is C15H24N2O4. The topological polar surface area (TPSA) is 82.8 Å². The van der Waals surface area contributed by atoms with E-state index in [1.165, 1.54) is 0 Å². The van der Waals surface area contributed by atoms with Gasteiger partial charge in [0.25, 0.3) is 5.91 Å². The number of methoxy groups -OCH3 is 1. The molecule has 118 valence electrons. The number of benzene rings is 1. The van der Waals surface area contributed by atoms with Crippen LogP contribution in [-0.4, -0.2) is 46.0 Å². The fraction of sp³-hybridized carbons (Fsp3) is 0.533. The maximum absolute atomic E-state index is 11.9. The summed E-state index contributed by atoms with van der Waals surface area (Å²) in [4.78, 5) is 11.9. The molecule has 0 saturated carbocycles. The van der Waals surface area contributed by atoms with Crippen molar-refractivity contribution < 1.29 is 19.0 Å². The van der Waals surface area contributed by atoms with E-state index >= 15 is 0 Å². The number of carbonyl (C=O) groups excluding carboxylic acids is 1. The summed E-state index contributed by atoms with van der Waals surface area (Å²) in [5, 5.41) is 2.74. The summed E-state index contributed by atoms with van der Waals surface area (Å²) in [6.07, 6.45) is 0.846. The second kappa shape index (κ2) is 10.0. The largest absolute Gasteiger partial charge is 0.490 e. The van der Waals surface area contributed by atoms with Crippen LogP contribution in [0, 0.1) is 0 Å². The Morgan fingerprint density at radius 1 is 1.24 bits per heavy atom. The third-order valence-corrected chi connectivity index (χ3v) is 2.71. The molecule has 6 heteroatoms. The number of anilines is 1. The first-order valence-electron chi connectivity index (χ1n) is 7.06. The van der Waals surface area contributed by atoms with Crippen LogP contribution in [0.5, 0.6) is 5.75 Å². The van der Waals surface area contributed by atoms with Crippen molar-refractivity contribution in [2.24, 2.45) is 0 Å². The molecule has 0 radical (unpaired) electrons. The zero-order chi connectivity index (χ0) is 15.5. The highest BCUT2D eigenvalue weighted by atomic mass is 16.5. The number of rotatable bonds is 10. The van der Waals surface area contributed by atoms with E-state index in [1.807, 2.05) is 6.92 Å². The van der Waals surface area contributed by atoms with E-state index in [2.05, 4.69) is 5.32 Å². The normalized spacial score (nSPS) is 10.4. The van der Waals surface area contributed by atoms with Crippen LogP contribution in [0.3, 0.4) is 0 Å². The number of hydrogen-bond donors (Lipinski definition) is 2. The average Bonchev–Trinajstić information content (AvgIpc) is 2.46. The van der Waals surface area contributed by atoms with Crippen LogP contribution < -0.4 is 15.8 Å². The molecule has 0 spiro atoms. The van der Waals surface area contributed by atoms with E-state index in [0.29, 0.717) is 50.0 Å². The molecule has 0 unspecified atom stereocenters. The molecule has 1 rings (SSSR count). The van der Waals surface area contributed by atoms with Crippen LogP contribution in [0.2, 0.25) is 0 Å². The first-order valence-corrected chi connectivity index (χ1v) is 7.06. The molecule has 0 saturated heterocycles. The third kappa shape index (κ3) is 6.46. The molecule has 0 aromatic heterocycles. The minimum Gasteiger partial charge on any atom is -0.490 e. The Bertz CT molecular complexity index is 438. The SMILES string of the molecule is CCNC(=O)c1ccc(N)cc1OCCOCCCOC. The highest BCUT2D eigenvalue weighted by Crippen LogP contribution is 2.21. The zero-order valence-corrected chi connectivity index (χ0v) is 12.7. The van der Waals surface area contributed by atoms with Gasteiger partial charge in [0.2, 0.25) is 0 Å². The Morgan fingerprint density at radius 2 is 2.05 bits per heavy atom. The van der Waals surface area contributed by atoms with Gasteiger partial charge in [-0.15, -0.1) is 0 Å². The van der Waals surface area contributed by atoms with Crippen molar-refractivity contribution in [3.05, 3.63) is 23.8 Å². The molecule has 0 bridgehead atoms. The van der Waals surface area contributed by atoms with Gasteiger partial charge < -0.3 is 25.3 Å². The lowest BCUT2D eigenvalue weighted by atomic mass is 10.1. The molecule has 3 N–H and O–H groups in total. The molecule has 0 aliphatic rings. The molecule has 1 aromatic carbocycles. The molecule has 0 fully saturated rings. The highest BCUT2D eigenvalue weighted by molar-refractivity contribution is 5.97. The summed E-state index contributed by atoms with van der Waals surface area (Å²) in [5.41, 5.74) is 6.76. The van der Waals surface area contributed by atoms with E-state index in [4.69, 9.17) is 19.9 Å². The van der Waals surface area contributed by atoms with E-state index in [1.54, 1.807) is 25.3 Å². The standard InChI is InChI=1S/C15H24N2O4/c1-3-17-15(18)13-6-5-12(16)11-14(13)21-10-9-20-8-4-7-19-2/h5-6,11H,3-4,7-10,16H2,1-2H3,(H,17,18). The lowest BCUT2D eigenvalue weighted by molar-refractivity contribution is 0.0796. The lowest BCUT2D eigenvalue weighted by Gasteiger charge is -2.12. The maximum atomic E-state index is 11.9. The van der Waals surface area contributed by atoms with Crippen LogP contribution in [-0.2, 0) is 9.47 Å². The Morgan fingerprint density at radius 3 is 2.76 bits per heavy atom. The van der Waals surface area contributed by atoms with Gasteiger partial charge >= 0.3 is 0 Å². The smallest absolute Gasteiger partial charge is 0.255 e. The van der Waals surface area contributed by atoms with Crippen molar-refractivity contribution in [3.8, 4) is 5.75 Å². The van der Waals surface area contributed by atoms with E-state index in [0.717, 1.165) is 6.42 Å². The van der Waals surface area contributed by atoms with Crippen LogP contribution in [0.15, 0.2) is 18.2 Å². The number of carbonyl (C=O) groups is 1. The number of hydrogen-bond acceptors (Lipinski definition) is 5. The van der Waals surface area contributed by atoms with Crippen LogP contribution in [0.1, 0.15) is 23.7 Å². The number of amides is 1. The first-order chi connectivity index (χ1) is 10.2. The van der Waals surface area contributed by atoms with Gasteiger partial charge in [-0.1, -0.05) is 0 Å². The quantitative estimate of drug-likeness (QED) is 0.504. The zero-order valence-electron chi connectivity index (χ0n) is 12.7. The summed E-state index contributed by atoms with van der Waals surface area (Å²) in [7, 11) is 1.66. The number of nitrogens with two attached hydrogens (primary N) is 1. The predicted molar refractivity (Wildman–Crippen MR) is 81.7 cm³/mol. The van der Waals surface area contributed by atoms with Crippen molar-refractivity contribution in [2.75, 3.05) is 45.8 Å². The average molecular weight is 296 g/mol. The van der Waals surface area contributed by atoms with Crippen LogP contribution >= 0.6 is 0 Å². The second-order valence-electron chi connectivity index (χ2n) is 4.42. The molecule has 0 heterocycles. The van der Waals surface area contributed by atoms with E-state index in [-0.39, 0.29) is 5.91 Å². The van der Waals surface area contributed by atoms with Crippen LogP contribution in [0.4, 0.5) is 5.69 Å². The molecule has 21 heavy (non-hydrogen) atoms. The van der Waals surface area contributed by atoms with Gasteiger partial charge in [-0.05, 0) is 25.5 Å². The maximum Gasteiger partial charge on any atom is 0.255 e. The van der Waals surface area contributed by atoms with Gasteiger partial charge in [-0.25, -0.2) is 0 Å². The highest BCUT2D eigenvalue weighted by Gasteiger charge is 2.12. The van der Waals surface area contributed by atoms with Gasteiger partial charge in [0, 0.05) is 38.6 Å². The molecule has 0 aliphatic heterocycles. The second-order valence-corrected chi connectivity index (χ2v) is 4.42. The number of nitrogens with one attached hydrogen (secondary N) is 1. The molecule has 1 aromatic rings. The molecule has 6 nitrogen and oxygen atoms in total. The van der Waals surface area contributed by atoms with Gasteiger partial charge in [0.1, 0.15) is 12.4 Å². The fourth-order valence-corrected chi connectivity index (χ4v) is 1.72. The summed E-state index contributed by atoms with van der Waals surface area (Å²) in [6, 6.07) is 4.99. The van der Waals surface area contributed by atoms with Crippen molar-refractivity contribution in [1.82, 2.24) is 5.32 Å². The summed E-state index contributed by atoms with van der Waals surface area (Å²) >= 11 is 0. The van der Waals surface area contributed by atoms with Gasteiger partial charge in [0.15, 0.2) is 0 Å². The summed E-state index contributed by atoms with van der Waals surface area (Å²) in [6.45, 7) is 4.54. The minimum absolute atomic E-state index is 0.173. The predicted octanol–water partition coefficient (Wildman–Crippen LogP) is 1.45. The molecular weight excluding hydrogens is 272 g/mol. The molecule has 1 amide bonds. The minimum atomic E-state index is -0.173. The Kier molecular flexibility index (Phi) is 8.23. The molecule has 0 atom stereocenters. The summed E-state index contributed by atoms with van der Waals surface area (Å²) in [5.74, 6) is 0.301. The number of ether oxygens (including phenoxy) is 3. The van der Waals surface area contributed by atoms with Gasteiger partial charge in [-0.3, -0.25) is 4.79 Å². The van der Waals surface area contributed by atoms with E-state index in [9.17, 15) is 4.79 Å². The number of nitrogen functional groups attached to an aromatic ring is 1. The van der Waals surface area contributed by atoms with Crippen molar-refractivity contribution in [2.45, 2.75) is 13.3 Å². The first kappa shape index (κ1) is 17.3. The monoisotopic (exact) mass is 296 g/mol. The fourth-order valence-electron chi connectivity index (χ4n) is 1.72.